The Kier molecular flexibility index (Phi) is 5.40. The van der Waals surface area contributed by atoms with Gasteiger partial charge in [0, 0.05) is 18.2 Å². The molecule has 1 atom stereocenters. The third-order valence-corrected chi connectivity index (χ3v) is 3.41. The molecule has 1 rings (SSSR count). The van der Waals surface area contributed by atoms with E-state index in [9.17, 15) is 0 Å². The first-order chi connectivity index (χ1) is 8.00. The van der Waals surface area contributed by atoms with Gasteiger partial charge in [0.1, 0.15) is 0 Å². The van der Waals surface area contributed by atoms with Gasteiger partial charge in [-0.05, 0) is 38.3 Å². The first kappa shape index (κ1) is 14.5. The Morgan fingerprint density at radius 1 is 1.41 bits per heavy atom. The SMILES string of the molecule is COC(C)(C)CCC(NN)c1ccccc1Cl. The first-order valence-corrected chi connectivity index (χ1v) is 6.13. The highest BCUT2D eigenvalue weighted by molar-refractivity contribution is 6.31. The Labute approximate surface area is 108 Å². The van der Waals surface area contributed by atoms with Crippen LogP contribution in [0.2, 0.25) is 5.02 Å². The van der Waals surface area contributed by atoms with Crippen LogP contribution in [-0.4, -0.2) is 12.7 Å². The fraction of sp³-hybridized carbons (Fsp3) is 0.538. The quantitative estimate of drug-likeness (QED) is 0.608. The van der Waals surface area contributed by atoms with Crippen molar-refractivity contribution in [3.8, 4) is 0 Å². The van der Waals surface area contributed by atoms with E-state index < -0.39 is 0 Å². The van der Waals surface area contributed by atoms with Crippen molar-refractivity contribution in [2.24, 2.45) is 5.84 Å². The Morgan fingerprint density at radius 3 is 2.59 bits per heavy atom. The van der Waals surface area contributed by atoms with Crippen molar-refractivity contribution in [1.82, 2.24) is 5.43 Å². The summed E-state index contributed by atoms with van der Waals surface area (Å²) in [5.41, 5.74) is 3.70. The minimum Gasteiger partial charge on any atom is -0.379 e. The van der Waals surface area contributed by atoms with Gasteiger partial charge in [-0.2, -0.15) is 0 Å². The lowest BCUT2D eigenvalue weighted by Crippen LogP contribution is -2.31. The summed E-state index contributed by atoms with van der Waals surface area (Å²) in [6.45, 7) is 4.13. The fourth-order valence-electron chi connectivity index (χ4n) is 1.68. The van der Waals surface area contributed by atoms with Gasteiger partial charge < -0.3 is 4.74 Å². The van der Waals surface area contributed by atoms with Crippen LogP contribution in [-0.2, 0) is 4.74 Å². The summed E-state index contributed by atoms with van der Waals surface area (Å²) in [6, 6.07) is 7.80. The molecule has 0 fully saturated rings. The van der Waals surface area contributed by atoms with E-state index in [1.54, 1.807) is 7.11 Å². The predicted molar refractivity (Wildman–Crippen MR) is 71.8 cm³/mol. The lowest BCUT2D eigenvalue weighted by Gasteiger charge is -2.26. The van der Waals surface area contributed by atoms with E-state index in [2.05, 4.69) is 19.3 Å². The molecule has 1 aromatic carbocycles. The average molecular weight is 257 g/mol. The van der Waals surface area contributed by atoms with Crippen LogP contribution in [0.3, 0.4) is 0 Å². The zero-order chi connectivity index (χ0) is 12.9. The zero-order valence-electron chi connectivity index (χ0n) is 10.7. The highest BCUT2D eigenvalue weighted by Crippen LogP contribution is 2.28. The van der Waals surface area contributed by atoms with Crippen molar-refractivity contribution in [2.75, 3.05) is 7.11 Å². The molecule has 0 aliphatic heterocycles. The maximum atomic E-state index is 6.15. The molecule has 0 aliphatic carbocycles. The molecule has 3 N–H and O–H groups in total. The average Bonchev–Trinajstić information content (AvgIpc) is 2.32. The van der Waals surface area contributed by atoms with Crippen LogP contribution in [0.5, 0.6) is 0 Å². The third kappa shape index (κ3) is 4.28. The topological polar surface area (TPSA) is 47.3 Å². The second kappa shape index (κ2) is 6.36. The van der Waals surface area contributed by atoms with E-state index in [4.69, 9.17) is 22.2 Å². The Balaban J connectivity index is 2.70. The Morgan fingerprint density at radius 2 is 2.06 bits per heavy atom. The van der Waals surface area contributed by atoms with Gasteiger partial charge in [0.2, 0.25) is 0 Å². The molecule has 0 saturated heterocycles. The minimum atomic E-state index is -0.143. The normalized spacial score (nSPS) is 13.7. The van der Waals surface area contributed by atoms with Crippen LogP contribution in [0.15, 0.2) is 24.3 Å². The van der Waals surface area contributed by atoms with Crippen LogP contribution < -0.4 is 11.3 Å². The summed E-state index contributed by atoms with van der Waals surface area (Å²) in [5.74, 6) is 5.60. The summed E-state index contributed by atoms with van der Waals surface area (Å²) in [4.78, 5) is 0. The van der Waals surface area contributed by atoms with Crippen LogP contribution in [0.25, 0.3) is 0 Å². The number of halogens is 1. The number of hydrogen-bond acceptors (Lipinski definition) is 3. The van der Waals surface area contributed by atoms with Crippen LogP contribution in [0, 0.1) is 0 Å². The number of hydrogen-bond donors (Lipinski definition) is 2. The summed E-state index contributed by atoms with van der Waals surface area (Å²) in [7, 11) is 1.72. The van der Waals surface area contributed by atoms with E-state index in [0.717, 1.165) is 23.4 Å². The smallest absolute Gasteiger partial charge is 0.0623 e. The molecule has 96 valence electrons. The largest absolute Gasteiger partial charge is 0.379 e. The van der Waals surface area contributed by atoms with Gasteiger partial charge >= 0.3 is 0 Å². The molecule has 0 aromatic heterocycles. The molecular weight excluding hydrogens is 236 g/mol. The third-order valence-electron chi connectivity index (χ3n) is 3.07. The Hall–Kier alpha value is -0.610. The van der Waals surface area contributed by atoms with Crippen molar-refractivity contribution in [3.05, 3.63) is 34.9 Å². The standard InChI is InChI=1S/C13H21ClN2O/c1-13(2,17-3)9-8-12(16-15)10-6-4-5-7-11(10)14/h4-7,12,16H,8-9,15H2,1-3H3. The van der Waals surface area contributed by atoms with Crippen molar-refractivity contribution >= 4 is 11.6 Å². The van der Waals surface area contributed by atoms with Crippen LogP contribution in [0.1, 0.15) is 38.3 Å². The molecule has 0 radical (unpaired) electrons. The molecule has 1 aromatic rings. The van der Waals surface area contributed by atoms with Crippen molar-refractivity contribution in [2.45, 2.75) is 38.3 Å². The molecule has 0 saturated carbocycles. The summed E-state index contributed by atoms with van der Waals surface area (Å²) < 4.78 is 5.40. The molecule has 1 unspecified atom stereocenters. The van der Waals surface area contributed by atoms with E-state index >= 15 is 0 Å². The molecular formula is C13H21ClN2O. The molecule has 0 aliphatic rings. The number of rotatable bonds is 6. The van der Waals surface area contributed by atoms with Gasteiger partial charge in [-0.25, -0.2) is 0 Å². The van der Waals surface area contributed by atoms with Gasteiger partial charge in [0.15, 0.2) is 0 Å². The van der Waals surface area contributed by atoms with E-state index in [0.29, 0.717) is 0 Å². The maximum Gasteiger partial charge on any atom is 0.0623 e. The molecule has 0 heterocycles. The van der Waals surface area contributed by atoms with Gasteiger partial charge in [-0.15, -0.1) is 0 Å². The van der Waals surface area contributed by atoms with Gasteiger partial charge in [-0.1, -0.05) is 29.8 Å². The minimum absolute atomic E-state index is 0.0538. The number of ether oxygens (including phenoxy) is 1. The van der Waals surface area contributed by atoms with Gasteiger partial charge in [0.05, 0.1) is 5.60 Å². The lowest BCUT2D eigenvalue weighted by atomic mass is 9.95. The van der Waals surface area contributed by atoms with Crippen molar-refractivity contribution in [3.63, 3.8) is 0 Å². The highest BCUT2D eigenvalue weighted by atomic mass is 35.5. The van der Waals surface area contributed by atoms with E-state index in [1.807, 2.05) is 24.3 Å². The zero-order valence-corrected chi connectivity index (χ0v) is 11.4. The highest BCUT2D eigenvalue weighted by Gasteiger charge is 2.20. The molecule has 3 nitrogen and oxygen atoms in total. The van der Waals surface area contributed by atoms with Crippen molar-refractivity contribution in [1.29, 1.82) is 0 Å². The molecule has 17 heavy (non-hydrogen) atoms. The molecule has 0 spiro atoms. The molecule has 4 heteroatoms. The van der Waals surface area contributed by atoms with Gasteiger partial charge in [0.25, 0.3) is 0 Å². The Bertz CT molecular complexity index is 355. The fourth-order valence-corrected chi connectivity index (χ4v) is 1.95. The maximum absolute atomic E-state index is 6.15. The number of nitrogens with two attached hydrogens (primary N) is 1. The van der Waals surface area contributed by atoms with E-state index in [-0.39, 0.29) is 11.6 Å². The predicted octanol–water partition coefficient (Wildman–Crippen LogP) is 3.05. The van der Waals surface area contributed by atoms with Crippen LogP contribution >= 0.6 is 11.6 Å². The molecule has 0 bridgehead atoms. The number of nitrogens with one attached hydrogen (secondary N) is 1. The first-order valence-electron chi connectivity index (χ1n) is 5.76. The number of benzene rings is 1. The van der Waals surface area contributed by atoms with Gasteiger partial charge in [-0.3, -0.25) is 11.3 Å². The lowest BCUT2D eigenvalue weighted by molar-refractivity contribution is 0.0117. The van der Waals surface area contributed by atoms with Crippen LogP contribution in [0.4, 0.5) is 0 Å². The number of methoxy groups -OCH3 is 1. The van der Waals surface area contributed by atoms with Crippen molar-refractivity contribution < 1.29 is 4.74 Å². The summed E-state index contributed by atoms with van der Waals surface area (Å²) in [6.07, 6.45) is 1.78. The summed E-state index contributed by atoms with van der Waals surface area (Å²) >= 11 is 6.15. The second-order valence-electron chi connectivity index (χ2n) is 4.74. The summed E-state index contributed by atoms with van der Waals surface area (Å²) in [5, 5.41) is 0.741. The van der Waals surface area contributed by atoms with E-state index in [1.165, 1.54) is 0 Å². The second-order valence-corrected chi connectivity index (χ2v) is 5.15. The monoisotopic (exact) mass is 256 g/mol. The molecule has 0 amide bonds. The number of hydrazine groups is 1.